The molecule has 38 heavy (non-hydrogen) atoms. The van der Waals surface area contributed by atoms with Gasteiger partial charge in [-0.1, -0.05) is 0 Å². The standard InChI is InChI=1S/C25H32F3N7O3/c1-37-21-12-38-5-3-20(21)33-18-7-17-11-35(23(30)32-14-29)13-24(17,8-18)22(36)34-4-2-19-15(10-34)6-16(9-31-19)25(26,27)28/h6,9,17-18,20-21,33H,2-5,7-8,10-13H2,1H3,(H2,30,32)/t17-,18+,20?,21?,24-/m0/s1. The number of alkyl halides is 3. The van der Waals surface area contributed by atoms with Crippen LogP contribution < -0.4 is 11.1 Å². The van der Waals surface area contributed by atoms with Gasteiger partial charge in [-0.15, -0.1) is 4.99 Å². The Hall–Kier alpha value is -2.95. The maximum atomic E-state index is 14.2. The van der Waals surface area contributed by atoms with Crippen molar-refractivity contribution in [2.75, 3.05) is 40.0 Å². The molecule has 206 valence electrons. The predicted octanol–water partition coefficient (Wildman–Crippen LogP) is 1.25. The summed E-state index contributed by atoms with van der Waals surface area (Å²) in [5.74, 6) is -0.0790. The summed E-state index contributed by atoms with van der Waals surface area (Å²) >= 11 is 0. The number of nitrogens with two attached hydrogens (primary N) is 1. The highest BCUT2D eigenvalue weighted by atomic mass is 19.4. The lowest BCUT2D eigenvalue weighted by Gasteiger charge is -2.37. The molecule has 5 rings (SSSR count). The molecule has 1 aromatic rings. The zero-order chi connectivity index (χ0) is 27.1. The van der Waals surface area contributed by atoms with Crippen LogP contribution in [0.25, 0.3) is 0 Å². The van der Waals surface area contributed by atoms with E-state index in [1.165, 1.54) is 0 Å². The number of ether oxygens (including phenoxy) is 2. The first-order valence-corrected chi connectivity index (χ1v) is 12.8. The number of aliphatic imine (C=N–C) groups is 1. The van der Waals surface area contributed by atoms with E-state index < -0.39 is 17.2 Å². The zero-order valence-electron chi connectivity index (χ0n) is 21.2. The second-order valence-corrected chi connectivity index (χ2v) is 10.7. The molecule has 3 N–H and O–H groups in total. The first-order chi connectivity index (χ1) is 18.1. The van der Waals surface area contributed by atoms with E-state index >= 15 is 0 Å². The molecule has 1 aliphatic carbocycles. The van der Waals surface area contributed by atoms with Gasteiger partial charge in [0.2, 0.25) is 18.1 Å². The van der Waals surface area contributed by atoms with E-state index in [0.717, 1.165) is 25.1 Å². The summed E-state index contributed by atoms with van der Waals surface area (Å²) in [6, 6.07) is 1.25. The van der Waals surface area contributed by atoms with Gasteiger partial charge >= 0.3 is 6.18 Å². The lowest BCUT2D eigenvalue weighted by Crippen LogP contribution is -2.52. The van der Waals surface area contributed by atoms with Crippen molar-refractivity contribution in [3.05, 3.63) is 29.1 Å². The van der Waals surface area contributed by atoms with E-state index in [-0.39, 0.29) is 42.5 Å². The molecule has 4 aliphatic rings. The van der Waals surface area contributed by atoms with Gasteiger partial charge in [0, 0.05) is 70.3 Å². The Morgan fingerprint density at radius 2 is 2.24 bits per heavy atom. The molecule has 1 aromatic heterocycles. The molecule has 4 heterocycles. The third-order valence-corrected chi connectivity index (χ3v) is 8.50. The van der Waals surface area contributed by atoms with E-state index in [4.69, 9.17) is 20.5 Å². The first-order valence-electron chi connectivity index (χ1n) is 12.8. The number of pyridine rings is 1. The summed E-state index contributed by atoms with van der Waals surface area (Å²) in [6.07, 6.45) is 0.431. The highest BCUT2D eigenvalue weighted by Gasteiger charge is 2.59. The normalized spacial score (nSPS) is 31.6. The van der Waals surface area contributed by atoms with Crippen LogP contribution in [-0.4, -0.2) is 84.8 Å². The molecule has 2 saturated heterocycles. The molecule has 3 aliphatic heterocycles. The number of guanidine groups is 1. The Kier molecular flexibility index (Phi) is 7.23. The fourth-order valence-corrected chi connectivity index (χ4v) is 6.63. The number of nitrogens with one attached hydrogen (secondary N) is 1. The van der Waals surface area contributed by atoms with Crippen LogP contribution in [-0.2, 0) is 33.4 Å². The number of nitrogens with zero attached hydrogens (tertiary/aromatic N) is 5. The van der Waals surface area contributed by atoms with Crippen LogP contribution in [0.1, 0.15) is 36.1 Å². The van der Waals surface area contributed by atoms with Crippen molar-refractivity contribution in [3.63, 3.8) is 0 Å². The molecular weight excluding hydrogens is 503 g/mol. The van der Waals surface area contributed by atoms with Crippen molar-refractivity contribution in [1.82, 2.24) is 20.1 Å². The molecule has 0 radical (unpaired) electrons. The highest BCUT2D eigenvalue weighted by Crippen LogP contribution is 2.50. The second-order valence-electron chi connectivity index (χ2n) is 10.7. The average molecular weight is 536 g/mol. The summed E-state index contributed by atoms with van der Waals surface area (Å²) in [6.45, 7) is 2.37. The van der Waals surface area contributed by atoms with E-state index in [0.29, 0.717) is 56.9 Å². The number of amides is 1. The topological polar surface area (TPSA) is 129 Å². The van der Waals surface area contributed by atoms with E-state index in [1.54, 1.807) is 23.1 Å². The minimum absolute atomic E-state index is 0.0524. The van der Waals surface area contributed by atoms with Crippen LogP contribution in [0.3, 0.4) is 0 Å². The SMILES string of the molecule is COC1COCCC1N[C@@H]1C[C@H]2CN(C(N)=NC#N)C[C@@]2(C(=O)N2CCc3ncc(C(F)(F)F)cc3C2)C1. The van der Waals surface area contributed by atoms with Gasteiger partial charge in [-0.3, -0.25) is 9.78 Å². The number of rotatable bonds is 4. The van der Waals surface area contributed by atoms with Gasteiger partial charge in [-0.2, -0.15) is 18.4 Å². The number of hydrogen-bond acceptors (Lipinski definition) is 7. The molecular formula is C25H32F3N7O3. The maximum Gasteiger partial charge on any atom is 0.417 e. The molecule has 10 nitrogen and oxygen atoms in total. The Balaban J connectivity index is 1.38. The fourth-order valence-electron chi connectivity index (χ4n) is 6.63. The number of likely N-dealkylation sites (tertiary alicyclic amines) is 1. The Morgan fingerprint density at radius 3 is 2.97 bits per heavy atom. The first kappa shape index (κ1) is 26.6. The van der Waals surface area contributed by atoms with E-state index in [9.17, 15) is 18.0 Å². The minimum Gasteiger partial charge on any atom is -0.379 e. The van der Waals surface area contributed by atoms with Crippen molar-refractivity contribution in [2.45, 2.75) is 56.6 Å². The monoisotopic (exact) mass is 535 g/mol. The minimum atomic E-state index is -4.50. The molecule has 0 aromatic carbocycles. The second kappa shape index (κ2) is 10.3. The molecule has 0 bridgehead atoms. The van der Waals surface area contributed by atoms with Crippen LogP contribution >= 0.6 is 0 Å². The van der Waals surface area contributed by atoms with Gasteiger partial charge in [0.05, 0.1) is 23.7 Å². The Bertz CT molecular complexity index is 1140. The lowest BCUT2D eigenvalue weighted by atomic mass is 9.78. The van der Waals surface area contributed by atoms with Gasteiger partial charge in [0.1, 0.15) is 0 Å². The summed E-state index contributed by atoms with van der Waals surface area (Å²) < 4.78 is 51.1. The van der Waals surface area contributed by atoms with Crippen LogP contribution in [0.4, 0.5) is 13.2 Å². The number of halogens is 3. The smallest absolute Gasteiger partial charge is 0.379 e. The summed E-state index contributed by atoms with van der Waals surface area (Å²) in [5.41, 5.74) is 5.43. The van der Waals surface area contributed by atoms with Crippen LogP contribution in [0.5, 0.6) is 0 Å². The number of nitriles is 1. The molecule has 5 atom stereocenters. The molecule has 1 saturated carbocycles. The van der Waals surface area contributed by atoms with Gasteiger partial charge < -0.3 is 30.3 Å². The van der Waals surface area contributed by atoms with Crippen molar-refractivity contribution in [1.29, 1.82) is 5.26 Å². The maximum absolute atomic E-state index is 14.2. The number of aromatic nitrogens is 1. The zero-order valence-corrected chi connectivity index (χ0v) is 21.2. The van der Waals surface area contributed by atoms with Crippen molar-refractivity contribution < 1.29 is 27.4 Å². The molecule has 3 fully saturated rings. The molecule has 0 spiro atoms. The molecule has 1 amide bonds. The van der Waals surface area contributed by atoms with Crippen molar-refractivity contribution in [2.24, 2.45) is 22.1 Å². The van der Waals surface area contributed by atoms with Gasteiger partial charge in [0.25, 0.3) is 0 Å². The molecule has 13 heteroatoms. The number of methoxy groups -OCH3 is 1. The summed E-state index contributed by atoms with van der Waals surface area (Å²) in [7, 11) is 1.66. The number of hydrogen-bond donors (Lipinski definition) is 2. The van der Waals surface area contributed by atoms with Gasteiger partial charge in [-0.25, -0.2) is 0 Å². The lowest BCUT2D eigenvalue weighted by molar-refractivity contribution is -0.143. The summed E-state index contributed by atoms with van der Waals surface area (Å²) in [5, 5.41) is 12.7. The third kappa shape index (κ3) is 4.92. The largest absolute Gasteiger partial charge is 0.417 e. The van der Waals surface area contributed by atoms with Crippen molar-refractivity contribution >= 4 is 11.9 Å². The summed E-state index contributed by atoms with van der Waals surface area (Å²) in [4.78, 5) is 25.4. The quantitative estimate of drug-likeness (QED) is 0.335. The number of carbonyl (C=O) groups excluding carboxylic acids is 1. The van der Waals surface area contributed by atoms with Crippen LogP contribution in [0, 0.1) is 22.8 Å². The van der Waals surface area contributed by atoms with E-state index in [2.05, 4.69) is 15.3 Å². The number of carbonyl (C=O) groups is 1. The van der Waals surface area contributed by atoms with Gasteiger partial charge in [0.15, 0.2) is 0 Å². The Morgan fingerprint density at radius 1 is 1.42 bits per heavy atom. The van der Waals surface area contributed by atoms with Crippen LogP contribution in [0.2, 0.25) is 0 Å². The van der Waals surface area contributed by atoms with Crippen molar-refractivity contribution in [3.8, 4) is 6.19 Å². The van der Waals surface area contributed by atoms with Gasteiger partial charge in [-0.05, 0) is 36.8 Å². The average Bonchev–Trinajstić information content (AvgIpc) is 3.42. The Labute approximate surface area is 219 Å². The number of fused-ring (bicyclic) bond motifs is 2. The fraction of sp³-hybridized carbons (Fsp3) is 0.680. The highest BCUT2D eigenvalue weighted by molar-refractivity contribution is 5.87. The van der Waals surface area contributed by atoms with E-state index in [1.807, 2.05) is 0 Å². The molecule has 2 unspecified atom stereocenters. The third-order valence-electron chi connectivity index (χ3n) is 8.50. The van der Waals surface area contributed by atoms with Crippen LogP contribution in [0.15, 0.2) is 17.3 Å². The predicted molar refractivity (Wildman–Crippen MR) is 129 cm³/mol.